The van der Waals surface area contributed by atoms with Gasteiger partial charge in [0.05, 0.1) is 36.4 Å². The molecular formula is C99H132F6N12O12. The number of likely N-dealkylation sites (N-methyl/N-ethyl adjacent to an activating group) is 2. The number of hydrazine groups is 3. The van der Waals surface area contributed by atoms with Crippen molar-refractivity contribution in [2.24, 2.45) is 17.8 Å². The molecule has 129 heavy (non-hydrogen) atoms. The molecule has 0 saturated heterocycles. The monoisotopic (exact) mass is 1790 g/mol. The first-order valence-electron chi connectivity index (χ1n) is 44.3. The topological polar surface area (TPSA) is 306 Å². The van der Waals surface area contributed by atoms with Crippen LogP contribution < -0.4 is 32.2 Å². The van der Waals surface area contributed by atoms with Crippen LogP contribution in [0.1, 0.15) is 258 Å². The van der Waals surface area contributed by atoms with Gasteiger partial charge in [0.2, 0.25) is 17.7 Å². The molecule has 24 nitrogen and oxygen atoms in total. The number of halogens is 6. The molecule has 0 aliphatic rings. The normalized spacial score (nSPS) is 12.3. The number of carbonyl (C=O) groups excluding carboxylic acids is 9. The Kier molecular flexibility index (Phi) is 48.4. The highest BCUT2D eigenvalue weighted by atomic mass is 19.2. The fourth-order valence-corrected chi connectivity index (χ4v) is 13.7. The number of hydrogen-bond donors (Lipinski definition) is 9. The summed E-state index contributed by atoms with van der Waals surface area (Å²) in [5, 5.41) is 46.6. The third-order valence-corrected chi connectivity index (χ3v) is 20.0. The van der Waals surface area contributed by atoms with Crippen molar-refractivity contribution in [3.05, 3.63) is 211 Å². The van der Waals surface area contributed by atoms with E-state index in [0.29, 0.717) is 92.2 Å². The molecule has 6 rings (SSSR count). The number of benzene rings is 6. The van der Waals surface area contributed by atoms with Gasteiger partial charge in [-0.3, -0.25) is 59.4 Å². The van der Waals surface area contributed by atoms with Crippen molar-refractivity contribution in [3.63, 3.8) is 0 Å². The zero-order chi connectivity index (χ0) is 96.3. The van der Waals surface area contributed by atoms with Gasteiger partial charge in [-0.1, -0.05) is 115 Å². The van der Waals surface area contributed by atoms with Crippen LogP contribution in [0, 0.1) is 88.2 Å². The molecule has 6 unspecified atom stereocenters. The summed E-state index contributed by atoms with van der Waals surface area (Å²) in [5.74, 6) is 8.33. The maximum Gasteiger partial charge on any atom is 0.253 e. The van der Waals surface area contributed by atoms with Gasteiger partial charge in [0.15, 0.2) is 0 Å². The summed E-state index contributed by atoms with van der Waals surface area (Å²) in [7, 11) is 1.56. The smallest absolute Gasteiger partial charge is 0.253 e. The number of amides is 9. The molecule has 6 atom stereocenters. The van der Waals surface area contributed by atoms with Crippen molar-refractivity contribution < 1.29 is 84.8 Å². The Hall–Kier alpha value is -11.4. The number of nitrogens with one attached hydrogen (secondary N) is 6. The zero-order valence-corrected chi connectivity index (χ0v) is 77.9. The number of nitrogens with zero attached hydrogens (tertiary/aromatic N) is 6. The Balaban J connectivity index is 0.000000405. The second-order valence-corrected chi connectivity index (χ2v) is 32.5. The second kappa shape index (κ2) is 56.8. The molecule has 6 aromatic rings. The second-order valence-electron chi connectivity index (χ2n) is 32.5. The summed E-state index contributed by atoms with van der Waals surface area (Å²) in [6, 6.07) is 20.1. The van der Waals surface area contributed by atoms with Gasteiger partial charge < -0.3 is 46.0 Å². The van der Waals surface area contributed by atoms with Crippen LogP contribution in [-0.4, -0.2) is 214 Å². The minimum absolute atomic E-state index is 0.0525. The molecule has 9 N–H and O–H groups in total. The number of hydrogen-bond acceptors (Lipinski definition) is 15. The van der Waals surface area contributed by atoms with Crippen LogP contribution in [0.4, 0.5) is 26.3 Å². The van der Waals surface area contributed by atoms with Gasteiger partial charge in [-0.05, 0) is 193 Å². The van der Waals surface area contributed by atoms with E-state index in [9.17, 15) is 84.8 Å². The Morgan fingerprint density at radius 3 is 0.814 bits per heavy atom. The van der Waals surface area contributed by atoms with E-state index < -0.39 is 89.1 Å². The van der Waals surface area contributed by atoms with Crippen molar-refractivity contribution in [2.45, 2.75) is 218 Å². The van der Waals surface area contributed by atoms with Crippen molar-refractivity contribution in [2.75, 3.05) is 79.0 Å². The molecule has 0 bridgehead atoms. The van der Waals surface area contributed by atoms with Gasteiger partial charge in [0, 0.05) is 165 Å². The maximum atomic E-state index is 14.1. The number of rotatable bonds is 45. The van der Waals surface area contributed by atoms with Gasteiger partial charge in [-0.2, -0.15) is 0 Å². The lowest BCUT2D eigenvalue weighted by Crippen LogP contribution is -2.54. The first-order valence-corrected chi connectivity index (χ1v) is 44.3. The summed E-state index contributed by atoms with van der Waals surface area (Å²) in [5.41, 5.74) is 11.7. The highest BCUT2D eigenvalue weighted by molar-refractivity contribution is 6.02. The van der Waals surface area contributed by atoms with Gasteiger partial charge in [-0.15, -0.1) is 17.8 Å². The van der Waals surface area contributed by atoms with E-state index in [1.165, 1.54) is 28.2 Å². The number of carbonyl (C=O) groups is 9. The molecule has 30 heteroatoms. The molecule has 0 aliphatic heterocycles. The van der Waals surface area contributed by atoms with Crippen LogP contribution in [0.2, 0.25) is 0 Å². The lowest BCUT2D eigenvalue weighted by Gasteiger charge is -2.31. The van der Waals surface area contributed by atoms with Crippen LogP contribution in [0.15, 0.2) is 109 Å². The Labute approximate surface area is 757 Å². The van der Waals surface area contributed by atoms with Crippen molar-refractivity contribution in [1.29, 1.82) is 0 Å². The van der Waals surface area contributed by atoms with Crippen LogP contribution in [-0.2, 0) is 33.6 Å². The molecule has 9 amide bonds. The van der Waals surface area contributed by atoms with Crippen molar-refractivity contribution >= 4 is 53.2 Å². The third kappa shape index (κ3) is 38.0. The summed E-state index contributed by atoms with van der Waals surface area (Å²) in [4.78, 5) is 123. The molecule has 0 saturated carbocycles. The molecular weight excluding hydrogens is 1660 g/mol. The molecule has 0 aliphatic carbocycles. The maximum absolute atomic E-state index is 14.1. The van der Waals surface area contributed by atoms with E-state index in [4.69, 9.17) is 0 Å². The summed E-state index contributed by atoms with van der Waals surface area (Å²) in [6.07, 6.45) is 1.31. The minimum Gasteiger partial charge on any atom is -0.390 e. The van der Waals surface area contributed by atoms with E-state index in [-0.39, 0.29) is 125 Å². The summed E-state index contributed by atoms with van der Waals surface area (Å²) >= 11 is 0. The molecule has 702 valence electrons. The largest absolute Gasteiger partial charge is 0.390 e. The van der Waals surface area contributed by atoms with E-state index in [1.807, 2.05) is 48.5 Å². The Morgan fingerprint density at radius 2 is 0.566 bits per heavy atom. The molecule has 0 radical (unpaired) electrons. The number of aliphatic hydroxyl groups excluding tert-OH is 3. The predicted molar refractivity (Wildman–Crippen MR) is 489 cm³/mol. The first kappa shape index (κ1) is 110. The fourth-order valence-electron chi connectivity index (χ4n) is 13.7. The quantitative estimate of drug-likeness (QED) is 0.00975. The van der Waals surface area contributed by atoms with E-state index in [2.05, 4.69) is 67.8 Å². The van der Waals surface area contributed by atoms with Crippen molar-refractivity contribution in [1.82, 2.24) is 62.0 Å². The van der Waals surface area contributed by atoms with Gasteiger partial charge in [-0.25, -0.2) is 41.4 Å². The lowest BCUT2D eigenvalue weighted by atomic mass is 9.99. The molecule has 0 heterocycles. The zero-order valence-electron chi connectivity index (χ0n) is 77.9. The molecule has 6 aromatic carbocycles. The van der Waals surface area contributed by atoms with Crippen LogP contribution in [0.3, 0.4) is 0 Å². The molecule has 0 spiro atoms. The van der Waals surface area contributed by atoms with Crippen LogP contribution in [0.25, 0.3) is 0 Å². The van der Waals surface area contributed by atoms with Gasteiger partial charge >= 0.3 is 0 Å². The van der Waals surface area contributed by atoms with Crippen LogP contribution in [0.5, 0.6) is 0 Å². The number of aliphatic hydroxyl groups is 3. The predicted octanol–water partition coefficient (Wildman–Crippen LogP) is 12.9. The van der Waals surface area contributed by atoms with Crippen LogP contribution >= 0.6 is 0 Å². The Morgan fingerprint density at radius 1 is 0.326 bits per heavy atom. The van der Waals surface area contributed by atoms with E-state index in [0.717, 1.165) is 93.1 Å². The SMILES string of the molecule is CC#Cc1cc(C(=O)NC(Cc2cc(F)cc(F)c2)C(O)CN(C)NC(=O)C(C)C)cc(C(=O)N(CCC)CCC)c1.CC#Cc1cc(C(=O)NC(Cc2cc(F)cc(F)c2)C(O)CN(CC)NC(=O)C(C)C)cc(C(=O)N(CCC)CCC)c1.CC#Cc1cc(C(=O)NC(Cc2cc(F)cc(F)c2)C(O)CN(CCC)NC(=O)C(C)C)cc(C(=O)N(CCC)CCC)c1. The average molecular weight is 1800 g/mol. The first-order chi connectivity index (χ1) is 61.2. The molecule has 0 aromatic heterocycles. The third-order valence-electron chi connectivity index (χ3n) is 20.0. The highest BCUT2D eigenvalue weighted by Gasteiger charge is 2.32. The minimum atomic E-state index is -1.25. The highest BCUT2D eigenvalue weighted by Crippen LogP contribution is 2.23. The lowest BCUT2D eigenvalue weighted by molar-refractivity contribution is -0.130. The standard InChI is InChI=1S/C34H46F2N4O4.C33H44F2N4O4.C32H42F2N4O4/c1-7-11-24-15-26(20-27(16-24)34(44)39(12-8-2)13-9-3)33(43)37-30(19-25-17-28(35)21-29(36)18-25)31(41)22-40(14-10-4)38-32(42)23(5)6;1-7-11-23-14-25(19-26(15-23)33(43)38(12-8-2)13-9-3)32(42)36-29(18-24-16-27(34)20-28(35)17-24)30(40)21-39(10-4)37-31(41)22(5)6;1-7-10-22-13-24(18-25(14-22)32(42)38(11-8-2)12-9-3)31(41)35-28(17-23-15-26(33)19-27(34)16-23)29(39)20-37(6)36-30(40)21(4)5/h15-18,20-21,23,30-31,41H,8-10,12-14,19,22H2,1-6H3,(H,37,43)(H,38,42);14-17,19-20,22,29-30,40H,8-10,12-13,18,21H2,1-6H3,(H,36,42)(H,37,41);13-16,18-19,21,28-29,39H,8-9,11-12,17,20H2,1-6H3,(H,35,41)(H,36,40). The average Bonchev–Trinajstić information content (AvgIpc) is 0.810. The fraction of sp³-hybridized carbons (Fsp3) is 0.485. The Bertz CT molecular complexity index is 4840. The van der Waals surface area contributed by atoms with Gasteiger partial charge in [0.1, 0.15) is 34.9 Å². The van der Waals surface area contributed by atoms with E-state index >= 15 is 0 Å². The summed E-state index contributed by atoms with van der Waals surface area (Å²) in [6.45, 7) is 35.0. The molecule has 0 fully saturated rings. The van der Waals surface area contributed by atoms with E-state index in [1.54, 1.807) is 132 Å². The van der Waals surface area contributed by atoms with Gasteiger partial charge in [0.25, 0.3) is 35.4 Å². The summed E-state index contributed by atoms with van der Waals surface area (Å²) < 4.78 is 84.0. The van der Waals surface area contributed by atoms with Crippen molar-refractivity contribution in [3.8, 4) is 35.5 Å².